The standard InChI is InChI=1S/C18H22N2S/c1-2-10-19-11-9-15-13-20(14-16-6-5-12-21-16)18-8-4-3-7-17(15)18/h3-8,12-13,19H,2,9-11,14H2,1H3. The van der Waals surface area contributed by atoms with E-state index in [2.05, 4.69) is 64.8 Å². The Labute approximate surface area is 130 Å². The molecular formula is C18H22N2S. The average molecular weight is 298 g/mol. The summed E-state index contributed by atoms with van der Waals surface area (Å²) in [6.45, 7) is 5.34. The number of para-hydroxylation sites is 1. The van der Waals surface area contributed by atoms with Crippen molar-refractivity contribution < 1.29 is 0 Å². The van der Waals surface area contributed by atoms with Crippen molar-refractivity contribution in [1.82, 2.24) is 9.88 Å². The highest BCUT2D eigenvalue weighted by Crippen LogP contribution is 2.23. The van der Waals surface area contributed by atoms with Crippen LogP contribution >= 0.6 is 11.3 Å². The Bertz CT molecular complexity index is 682. The summed E-state index contributed by atoms with van der Waals surface area (Å²) in [5.74, 6) is 0. The third kappa shape index (κ3) is 3.36. The quantitative estimate of drug-likeness (QED) is 0.644. The van der Waals surface area contributed by atoms with Crippen LogP contribution in [0.5, 0.6) is 0 Å². The zero-order chi connectivity index (χ0) is 14.5. The Hall–Kier alpha value is -1.58. The van der Waals surface area contributed by atoms with E-state index in [0.29, 0.717) is 0 Å². The van der Waals surface area contributed by atoms with Crippen molar-refractivity contribution in [2.75, 3.05) is 13.1 Å². The Balaban J connectivity index is 1.83. The van der Waals surface area contributed by atoms with E-state index >= 15 is 0 Å². The molecule has 0 bridgehead atoms. The first kappa shape index (κ1) is 14.4. The maximum Gasteiger partial charge on any atom is 0.0569 e. The third-order valence-corrected chi connectivity index (χ3v) is 4.64. The molecule has 0 saturated carbocycles. The average Bonchev–Trinajstić information content (AvgIpc) is 3.13. The van der Waals surface area contributed by atoms with Crippen molar-refractivity contribution in [3.63, 3.8) is 0 Å². The lowest BCUT2D eigenvalue weighted by Crippen LogP contribution is -2.17. The first-order valence-electron chi connectivity index (χ1n) is 7.68. The zero-order valence-corrected chi connectivity index (χ0v) is 13.3. The normalized spacial score (nSPS) is 11.3. The van der Waals surface area contributed by atoms with Crippen LogP contribution in [0.1, 0.15) is 23.8 Å². The molecule has 0 saturated heterocycles. The molecule has 3 heteroatoms. The van der Waals surface area contributed by atoms with E-state index < -0.39 is 0 Å². The van der Waals surface area contributed by atoms with Crippen LogP contribution in [0.3, 0.4) is 0 Å². The predicted molar refractivity (Wildman–Crippen MR) is 92.2 cm³/mol. The van der Waals surface area contributed by atoms with Gasteiger partial charge in [0.15, 0.2) is 0 Å². The lowest BCUT2D eigenvalue weighted by atomic mass is 10.1. The molecule has 3 rings (SSSR count). The number of hydrogen-bond donors (Lipinski definition) is 1. The number of benzene rings is 1. The van der Waals surface area contributed by atoms with Gasteiger partial charge in [-0.05, 0) is 49.0 Å². The van der Waals surface area contributed by atoms with Gasteiger partial charge in [-0.2, -0.15) is 0 Å². The molecule has 0 aliphatic rings. The first-order chi connectivity index (χ1) is 10.4. The van der Waals surface area contributed by atoms with E-state index in [1.54, 1.807) is 0 Å². The molecule has 110 valence electrons. The van der Waals surface area contributed by atoms with Gasteiger partial charge < -0.3 is 9.88 Å². The van der Waals surface area contributed by atoms with Crippen molar-refractivity contribution in [1.29, 1.82) is 0 Å². The van der Waals surface area contributed by atoms with Gasteiger partial charge >= 0.3 is 0 Å². The Morgan fingerprint density at radius 3 is 2.81 bits per heavy atom. The maximum atomic E-state index is 3.50. The molecule has 3 aromatic rings. The first-order valence-corrected chi connectivity index (χ1v) is 8.56. The summed E-state index contributed by atoms with van der Waals surface area (Å²) in [4.78, 5) is 1.41. The van der Waals surface area contributed by atoms with Gasteiger partial charge in [-0.15, -0.1) is 11.3 Å². The lowest BCUT2D eigenvalue weighted by molar-refractivity contribution is 0.671. The van der Waals surface area contributed by atoms with Crippen molar-refractivity contribution in [3.8, 4) is 0 Å². The molecule has 1 N–H and O–H groups in total. The number of rotatable bonds is 7. The number of fused-ring (bicyclic) bond motifs is 1. The molecule has 0 unspecified atom stereocenters. The molecule has 0 aliphatic heterocycles. The van der Waals surface area contributed by atoms with Gasteiger partial charge in [-0.25, -0.2) is 0 Å². The predicted octanol–water partition coefficient (Wildman–Crippen LogP) is 4.29. The largest absolute Gasteiger partial charge is 0.342 e. The maximum absolute atomic E-state index is 3.50. The molecule has 1 aromatic carbocycles. The summed E-state index contributed by atoms with van der Waals surface area (Å²) in [5.41, 5.74) is 2.79. The molecule has 2 nitrogen and oxygen atoms in total. The second kappa shape index (κ2) is 6.92. The molecular weight excluding hydrogens is 276 g/mol. The summed E-state index contributed by atoms with van der Waals surface area (Å²) in [7, 11) is 0. The minimum Gasteiger partial charge on any atom is -0.342 e. The van der Waals surface area contributed by atoms with E-state index in [0.717, 1.165) is 26.1 Å². The monoisotopic (exact) mass is 298 g/mol. The van der Waals surface area contributed by atoms with Crippen molar-refractivity contribution in [2.45, 2.75) is 26.3 Å². The van der Waals surface area contributed by atoms with Crippen molar-refractivity contribution in [2.24, 2.45) is 0 Å². The van der Waals surface area contributed by atoms with Gasteiger partial charge in [0.1, 0.15) is 0 Å². The Morgan fingerprint density at radius 2 is 2.00 bits per heavy atom. The van der Waals surface area contributed by atoms with E-state index in [4.69, 9.17) is 0 Å². The molecule has 0 spiro atoms. The molecule has 21 heavy (non-hydrogen) atoms. The molecule has 0 amide bonds. The van der Waals surface area contributed by atoms with Crippen molar-refractivity contribution >= 4 is 22.2 Å². The smallest absolute Gasteiger partial charge is 0.0569 e. The van der Waals surface area contributed by atoms with Crippen LogP contribution in [0.2, 0.25) is 0 Å². The van der Waals surface area contributed by atoms with E-state index in [1.165, 1.54) is 27.8 Å². The van der Waals surface area contributed by atoms with Gasteiger partial charge in [-0.1, -0.05) is 31.2 Å². The topological polar surface area (TPSA) is 17.0 Å². The fourth-order valence-corrected chi connectivity index (χ4v) is 3.45. The Morgan fingerprint density at radius 1 is 1.10 bits per heavy atom. The summed E-state index contributed by atoms with van der Waals surface area (Å²) >= 11 is 1.83. The molecule has 0 atom stereocenters. The van der Waals surface area contributed by atoms with Gasteiger partial charge in [0.05, 0.1) is 6.54 Å². The van der Waals surface area contributed by atoms with Crippen molar-refractivity contribution in [3.05, 3.63) is 58.4 Å². The van der Waals surface area contributed by atoms with Crippen LogP contribution in [0, 0.1) is 0 Å². The van der Waals surface area contributed by atoms with Crippen LogP contribution < -0.4 is 5.32 Å². The number of thiophene rings is 1. The number of aromatic nitrogens is 1. The molecule has 2 heterocycles. The molecule has 0 fully saturated rings. The molecule has 2 aromatic heterocycles. The van der Waals surface area contributed by atoms with E-state index in [1.807, 2.05) is 11.3 Å². The molecule has 0 aliphatic carbocycles. The number of nitrogens with zero attached hydrogens (tertiary/aromatic N) is 1. The van der Waals surface area contributed by atoms with Gasteiger partial charge in [0, 0.05) is 22.0 Å². The minimum atomic E-state index is 0.973. The minimum absolute atomic E-state index is 0.973. The fourth-order valence-electron chi connectivity index (χ4n) is 2.75. The second-order valence-corrected chi connectivity index (χ2v) is 6.41. The van der Waals surface area contributed by atoms with Gasteiger partial charge in [0.25, 0.3) is 0 Å². The molecule has 0 radical (unpaired) electrons. The van der Waals surface area contributed by atoms with Crippen LogP contribution in [0.25, 0.3) is 10.9 Å². The lowest BCUT2D eigenvalue weighted by Gasteiger charge is -2.02. The highest BCUT2D eigenvalue weighted by molar-refractivity contribution is 7.09. The Kier molecular flexibility index (Phi) is 4.73. The van der Waals surface area contributed by atoms with E-state index in [-0.39, 0.29) is 0 Å². The van der Waals surface area contributed by atoms with Gasteiger partial charge in [-0.3, -0.25) is 0 Å². The van der Waals surface area contributed by atoms with Gasteiger partial charge in [0.2, 0.25) is 0 Å². The fraction of sp³-hybridized carbons (Fsp3) is 0.333. The summed E-state index contributed by atoms with van der Waals surface area (Å²) in [6.07, 6.45) is 4.62. The highest BCUT2D eigenvalue weighted by Gasteiger charge is 2.08. The van der Waals surface area contributed by atoms with E-state index in [9.17, 15) is 0 Å². The van der Waals surface area contributed by atoms with Crippen LogP contribution in [-0.2, 0) is 13.0 Å². The highest BCUT2D eigenvalue weighted by atomic mass is 32.1. The van der Waals surface area contributed by atoms with Crippen LogP contribution in [0.4, 0.5) is 0 Å². The second-order valence-electron chi connectivity index (χ2n) is 5.38. The number of nitrogens with one attached hydrogen (secondary N) is 1. The SMILES string of the molecule is CCCNCCc1cn(Cc2cccs2)c2ccccc12. The van der Waals surface area contributed by atoms with Crippen LogP contribution in [-0.4, -0.2) is 17.7 Å². The van der Waals surface area contributed by atoms with Crippen LogP contribution in [0.15, 0.2) is 48.0 Å². The zero-order valence-electron chi connectivity index (χ0n) is 12.5. The summed E-state index contributed by atoms with van der Waals surface area (Å²) in [5, 5.41) is 7.04. The number of hydrogen-bond acceptors (Lipinski definition) is 2. The third-order valence-electron chi connectivity index (χ3n) is 3.78. The summed E-state index contributed by atoms with van der Waals surface area (Å²) < 4.78 is 2.39. The summed E-state index contributed by atoms with van der Waals surface area (Å²) in [6, 6.07) is 13.1.